The van der Waals surface area contributed by atoms with Crippen molar-refractivity contribution in [3.8, 4) is 5.75 Å². The molecular formula is C21H21NO5. The number of furan rings is 1. The van der Waals surface area contributed by atoms with E-state index in [-0.39, 0.29) is 5.76 Å². The molecule has 0 spiro atoms. The Hall–Kier alpha value is -3.28. The molecular weight excluding hydrogens is 346 g/mol. The number of ether oxygens (including phenoxy) is 2. The third-order valence-electron chi connectivity index (χ3n) is 4.45. The number of hydrogen-bond acceptors (Lipinski definition) is 5. The summed E-state index contributed by atoms with van der Waals surface area (Å²) in [7, 11) is 1.57. The Bertz CT molecular complexity index is 1020. The lowest BCUT2D eigenvalue weighted by atomic mass is 10.1. The number of rotatable bonds is 5. The lowest BCUT2D eigenvalue weighted by Crippen LogP contribution is -2.21. The molecule has 0 radical (unpaired) electrons. The summed E-state index contributed by atoms with van der Waals surface area (Å²) in [6.07, 6.45) is 0. The van der Waals surface area contributed by atoms with E-state index in [0.29, 0.717) is 22.6 Å². The zero-order valence-corrected chi connectivity index (χ0v) is 15.7. The van der Waals surface area contributed by atoms with Gasteiger partial charge >= 0.3 is 5.97 Å². The van der Waals surface area contributed by atoms with E-state index in [1.165, 1.54) is 0 Å². The minimum atomic E-state index is -0.682. The molecule has 0 unspecified atom stereocenters. The second-order valence-electron chi connectivity index (χ2n) is 6.34. The number of anilines is 1. The van der Waals surface area contributed by atoms with E-state index < -0.39 is 18.5 Å². The number of aryl methyl sites for hydroxylation is 3. The molecule has 3 rings (SSSR count). The van der Waals surface area contributed by atoms with Crippen LogP contribution in [0.2, 0.25) is 0 Å². The average molecular weight is 367 g/mol. The van der Waals surface area contributed by atoms with Crippen molar-refractivity contribution in [1.82, 2.24) is 0 Å². The van der Waals surface area contributed by atoms with Crippen LogP contribution in [0.4, 0.5) is 5.69 Å². The summed E-state index contributed by atoms with van der Waals surface area (Å²) in [5.74, 6) is -0.351. The number of benzene rings is 2. The Balaban J connectivity index is 1.66. The van der Waals surface area contributed by atoms with Crippen LogP contribution >= 0.6 is 0 Å². The predicted molar refractivity (Wildman–Crippen MR) is 102 cm³/mol. The topological polar surface area (TPSA) is 77.8 Å². The molecule has 0 saturated carbocycles. The average Bonchev–Trinajstić information content (AvgIpc) is 2.99. The van der Waals surface area contributed by atoms with Crippen molar-refractivity contribution in [2.24, 2.45) is 0 Å². The van der Waals surface area contributed by atoms with Crippen molar-refractivity contribution >= 4 is 28.5 Å². The van der Waals surface area contributed by atoms with E-state index >= 15 is 0 Å². The molecule has 0 aliphatic rings. The molecule has 0 aliphatic carbocycles. The summed E-state index contributed by atoms with van der Waals surface area (Å²) in [4.78, 5) is 24.4. The van der Waals surface area contributed by atoms with Crippen molar-refractivity contribution in [1.29, 1.82) is 0 Å². The van der Waals surface area contributed by atoms with E-state index in [1.807, 2.05) is 26.0 Å². The molecule has 0 fully saturated rings. The summed E-state index contributed by atoms with van der Waals surface area (Å²) in [5.41, 5.74) is 4.06. The van der Waals surface area contributed by atoms with Crippen LogP contribution in [-0.2, 0) is 9.53 Å². The first-order chi connectivity index (χ1) is 12.9. The Morgan fingerprint density at radius 3 is 2.52 bits per heavy atom. The largest absolute Gasteiger partial charge is 0.497 e. The van der Waals surface area contributed by atoms with E-state index in [1.54, 1.807) is 38.3 Å². The molecule has 6 nitrogen and oxygen atoms in total. The quantitative estimate of drug-likeness (QED) is 0.685. The maximum absolute atomic E-state index is 12.3. The number of hydrogen-bond donors (Lipinski definition) is 1. The van der Waals surface area contributed by atoms with Gasteiger partial charge in [-0.05, 0) is 62.2 Å². The zero-order chi connectivity index (χ0) is 19.6. The van der Waals surface area contributed by atoms with Crippen molar-refractivity contribution < 1.29 is 23.5 Å². The molecule has 27 heavy (non-hydrogen) atoms. The number of carbonyl (C=O) groups is 2. The van der Waals surface area contributed by atoms with E-state index in [0.717, 1.165) is 16.5 Å². The number of fused-ring (bicyclic) bond motifs is 1. The zero-order valence-electron chi connectivity index (χ0n) is 15.7. The Morgan fingerprint density at radius 1 is 1.04 bits per heavy atom. The Morgan fingerprint density at radius 2 is 1.81 bits per heavy atom. The van der Waals surface area contributed by atoms with Crippen LogP contribution in [0.1, 0.15) is 27.2 Å². The number of esters is 1. The summed E-state index contributed by atoms with van der Waals surface area (Å²) in [6, 6.07) is 10.9. The number of methoxy groups -OCH3 is 1. The van der Waals surface area contributed by atoms with Gasteiger partial charge in [-0.25, -0.2) is 4.79 Å². The summed E-state index contributed by atoms with van der Waals surface area (Å²) in [5, 5.41) is 3.47. The molecule has 1 aromatic heterocycles. The van der Waals surface area contributed by atoms with Crippen molar-refractivity contribution in [3.05, 3.63) is 58.8 Å². The SMILES string of the molecule is COc1ccc2oc(C(=O)OCC(=O)Nc3ccc(C)c(C)c3)c(C)c2c1. The third-order valence-corrected chi connectivity index (χ3v) is 4.45. The highest BCUT2D eigenvalue weighted by atomic mass is 16.5. The van der Waals surface area contributed by atoms with E-state index in [9.17, 15) is 9.59 Å². The molecule has 3 aromatic rings. The lowest BCUT2D eigenvalue weighted by Gasteiger charge is -2.08. The van der Waals surface area contributed by atoms with E-state index in [4.69, 9.17) is 13.9 Å². The first-order valence-electron chi connectivity index (χ1n) is 8.50. The van der Waals surface area contributed by atoms with Gasteiger partial charge in [-0.1, -0.05) is 6.07 Å². The van der Waals surface area contributed by atoms with Gasteiger partial charge < -0.3 is 19.2 Å². The van der Waals surface area contributed by atoms with Gasteiger partial charge in [0.05, 0.1) is 7.11 Å². The summed E-state index contributed by atoms with van der Waals surface area (Å²) < 4.78 is 15.9. The minimum Gasteiger partial charge on any atom is -0.497 e. The van der Waals surface area contributed by atoms with Gasteiger partial charge in [0.2, 0.25) is 5.76 Å². The number of amides is 1. The molecule has 0 saturated heterocycles. The Labute approximate surface area is 157 Å². The number of carbonyl (C=O) groups excluding carboxylic acids is 2. The molecule has 0 atom stereocenters. The van der Waals surface area contributed by atoms with E-state index in [2.05, 4.69) is 5.32 Å². The maximum Gasteiger partial charge on any atom is 0.375 e. The van der Waals surface area contributed by atoms with Crippen molar-refractivity contribution in [2.45, 2.75) is 20.8 Å². The summed E-state index contributed by atoms with van der Waals surface area (Å²) in [6.45, 7) is 5.32. The first kappa shape index (κ1) is 18.5. The smallest absolute Gasteiger partial charge is 0.375 e. The second kappa shape index (κ2) is 7.53. The monoisotopic (exact) mass is 367 g/mol. The highest BCUT2D eigenvalue weighted by Gasteiger charge is 2.20. The Kier molecular flexibility index (Phi) is 5.16. The molecule has 1 heterocycles. The van der Waals surface area contributed by atoms with Crippen LogP contribution in [0.3, 0.4) is 0 Å². The molecule has 1 N–H and O–H groups in total. The second-order valence-corrected chi connectivity index (χ2v) is 6.34. The fourth-order valence-electron chi connectivity index (χ4n) is 2.73. The van der Waals surface area contributed by atoms with Crippen LogP contribution < -0.4 is 10.1 Å². The van der Waals surface area contributed by atoms with Crippen LogP contribution in [0.25, 0.3) is 11.0 Å². The van der Waals surface area contributed by atoms with Crippen LogP contribution in [0.15, 0.2) is 40.8 Å². The highest BCUT2D eigenvalue weighted by molar-refractivity contribution is 5.98. The van der Waals surface area contributed by atoms with Crippen LogP contribution in [0.5, 0.6) is 5.75 Å². The van der Waals surface area contributed by atoms with Gasteiger partial charge in [0, 0.05) is 16.6 Å². The highest BCUT2D eigenvalue weighted by Crippen LogP contribution is 2.29. The van der Waals surface area contributed by atoms with Gasteiger partial charge in [0.15, 0.2) is 6.61 Å². The van der Waals surface area contributed by atoms with Crippen LogP contribution in [0, 0.1) is 20.8 Å². The fraction of sp³-hybridized carbons (Fsp3) is 0.238. The molecule has 2 aromatic carbocycles. The molecule has 0 bridgehead atoms. The van der Waals surface area contributed by atoms with Gasteiger partial charge in [-0.2, -0.15) is 0 Å². The number of nitrogens with one attached hydrogen (secondary N) is 1. The van der Waals surface area contributed by atoms with Gasteiger partial charge in [-0.3, -0.25) is 4.79 Å². The molecule has 6 heteroatoms. The standard InChI is InChI=1S/C21H21NO5/c1-12-5-6-15(9-13(12)2)22-19(23)11-26-21(24)20-14(3)17-10-16(25-4)7-8-18(17)27-20/h5-10H,11H2,1-4H3,(H,22,23). The van der Waals surface area contributed by atoms with Gasteiger partial charge in [-0.15, -0.1) is 0 Å². The summed E-state index contributed by atoms with van der Waals surface area (Å²) >= 11 is 0. The van der Waals surface area contributed by atoms with Crippen molar-refractivity contribution in [2.75, 3.05) is 19.0 Å². The first-order valence-corrected chi connectivity index (χ1v) is 8.50. The lowest BCUT2D eigenvalue weighted by molar-refractivity contribution is -0.119. The normalized spacial score (nSPS) is 10.7. The molecule has 1 amide bonds. The molecule has 0 aliphatic heterocycles. The van der Waals surface area contributed by atoms with Crippen LogP contribution in [-0.4, -0.2) is 25.6 Å². The maximum atomic E-state index is 12.3. The predicted octanol–water partition coefficient (Wildman–Crippen LogP) is 4.16. The van der Waals surface area contributed by atoms with Crippen molar-refractivity contribution in [3.63, 3.8) is 0 Å². The minimum absolute atomic E-state index is 0.0808. The third kappa shape index (κ3) is 3.95. The molecule has 140 valence electrons. The van der Waals surface area contributed by atoms with Gasteiger partial charge in [0.25, 0.3) is 5.91 Å². The van der Waals surface area contributed by atoms with Gasteiger partial charge in [0.1, 0.15) is 11.3 Å². The fourth-order valence-corrected chi connectivity index (χ4v) is 2.73.